The molecule has 0 aromatic rings. The summed E-state index contributed by atoms with van der Waals surface area (Å²) in [5, 5.41) is 9.15. The summed E-state index contributed by atoms with van der Waals surface area (Å²) < 4.78 is 0. The Balaban J connectivity index is 2.60. The third-order valence-corrected chi connectivity index (χ3v) is 4.31. The predicted molar refractivity (Wildman–Crippen MR) is 65.4 cm³/mol. The van der Waals surface area contributed by atoms with E-state index in [0.29, 0.717) is 18.4 Å². The molecule has 1 N–H and O–H groups in total. The predicted octanol–water partition coefficient (Wildman–Crippen LogP) is 2.61. The smallest absolute Gasteiger partial charge is 0.320 e. The van der Waals surface area contributed by atoms with Gasteiger partial charge in [0.05, 0.1) is 0 Å². The number of carbonyl (C=O) groups is 1. The number of carboxylic acid groups (broad SMARTS) is 1. The summed E-state index contributed by atoms with van der Waals surface area (Å²) in [5.74, 6) is 0.818. The fourth-order valence-corrected chi connectivity index (χ4v) is 2.78. The Morgan fingerprint density at radius 2 is 2.00 bits per heavy atom. The van der Waals surface area contributed by atoms with Crippen molar-refractivity contribution in [3.8, 4) is 0 Å². The molecule has 1 fully saturated rings. The van der Waals surface area contributed by atoms with Crippen molar-refractivity contribution in [3.05, 3.63) is 0 Å². The summed E-state index contributed by atoms with van der Waals surface area (Å²) in [5.41, 5.74) is 0. The van der Waals surface area contributed by atoms with E-state index in [2.05, 4.69) is 18.7 Å². The van der Waals surface area contributed by atoms with E-state index in [-0.39, 0.29) is 6.04 Å². The first-order valence-corrected chi connectivity index (χ1v) is 6.42. The van der Waals surface area contributed by atoms with Crippen LogP contribution in [0.4, 0.5) is 0 Å². The molecule has 0 bridgehead atoms. The van der Waals surface area contributed by atoms with Crippen LogP contribution >= 0.6 is 0 Å². The Morgan fingerprint density at radius 1 is 1.38 bits per heavy atom. The zero-order valence-corrected chi connectivity index (χ0v) is 10.9. The lowest BCUT2D eigenvalue weighted by Crippen LogP contribution is -2.47. The van der Waals surface area contributed by atoms with Crippen LogP contribution in [0.15, 0.2) is 0 Å². The summed E-state index contributed by atoms with van der Waals surface area (Å²) in [6, 6.07) is 0.137. The fraction of sp³-hybridized carbons (Fsp3) is 0.923. The molecule has 1 aliphatic carbocycles. The van der Waals surface area contributed by atoms with Gasteiger partial charge < -0.3 is 5.11 Å². The van der Waals surface area contributed by atoms with Gasteiger partial charge in [-0.05, 0) is 44.6 Å². The molecule has 0 aromatic carbocycles. The van der Waals surface area contributed by atoms with Gasteiger partial charge in [0.25, 0.3) is 0 Å². The molecule has 4 unspecified atom stereocenters. The molecule has 0 amide bonds. The molecule has 0 radical (unpaired) electrons. The molecule has 0 aromatic heterocycles. The minimum Gasteiger partial charge on any atom is -0.480 e. The van der Waals surface area contributed by atoms with Crippen molar-refractivity contribution in [1.82, 2.24) is 4.90 Å². The number of rotatable bonds is 4. The molecule has 0 saturated heterocycles. The number of carboxylic acids is 1. The molecule has 94 valence electrons. The Kier molecular flexibility index (Phi) is 4.78. The van der Waals surface area contributed by atoms with Crippen molar-refractivity contribution in [2.45, 2.75) is 58.5 Å². The van der Waals surface area contributed by atoms with Gasteiger partial charge in [0, 0.05) is 6.04 Å². The van der Waals surface area contributed by atoms with Crippen LogP contribution in [0.25, 0.3) is 0 Å². The largest absolute Gasteiger partial charge is 0.480 e. The maximum Gasteiger partial charge on any atom is 0.320 e. The van der Waals surface area contributed by atoms with Crippen LogP contribution < -0.4 is 0 Å². The normalized spacial score (nSPS) is 32.7. The Bertz CT molecular complexity index is 242. The SMILES string of the molecule is CCC(C(=O)O)N(C)C1CCC(C)C(C)C1. The molecule has 16 heavy (non-hydrogen) atoms. The van der Waals surface area contributed by atoms with Gasteiger partial charge in [-0.2, -0.15) is 0 Å². The minimum atomic E-state index is -0.684. The zero-order chi connectivity index (χ0) is 12.3. The van der Waals surface area contributed by atoms with Gasteiger partial charge in [0.2, 0.25) is 0 Å². The number of hydrogen-bond acceptors (Lipinski definition) is 2. The summed E-state index contributed by atoms with van der Waals surface area (Å²) in [4.78, 5) is 13.2. The van der Waals surface area contributed by atoms with Crippen LogP contribution in [0.2, 0.25) is 0 Å². The van der Waals surface area contributed by atoms with Crippen LogP contribution in [-0.2, 0) is 4.79 Å². The molecule has 0 spiro atoms. The first-order valence-electron chi connectivity index (χ1n) is 6.42. The lowest BCUT2D eigenvalue weighted by Gasteiger charge is -2.39. The molecular weight excluding hydrogens is 202 g/mol. The quantitative estimate of drug-likeness (QED) is 0.802. The van der Waals surface area contributed by atoms with Crippen molar-refractivity contribution in [2.75, 3.05) is 7.05 Å². The van der Waals surface area contributed by atoms with Crippen molar-refractivity contribution < 1.29 is 9.90 Å². The van der Waals surface area contributed by atoms with Gasteiger partial charge in [0.1, 0.15) is 6.04 Å². The van der Waals surface area contributed by atoms with Gasteiger partial charge in [-0.3, -0.25) is 9.69 Å². The van der Waals surface area contributed by atoms with Crippen LogP contribution in [0.5, 0.6) is 0 Å². The third-order valence-electron chi connectivity index (χ3n) is 4.31. The molecule has 1 saturated carbocycles. The van der Waals surface area contributed by atoms with Crippen molar-refractivity contribution in [2.24, 2.45) is 11.8 Å². The maximum absolute atomic E-state index is 11.1. The van der Waals surface area contributed by atoms with Crippen molar-refractivity contribution in [3.63, 3.8) is 0 Å². The van der Waals surface area contributed by atoms with Gasteiger partial charge in [-0.25, -0.2) is 0 Å². The Morgan fingerprint density at radius 3 is 2.44 bits per heavy atom. The average Bonchev–Trinajstić information content (AvgIpc) is 2.22. The average molecular weight is 227 g/mol. The highest BCUT2D eigenvalue weighted by molar-refractivity contribution is 5.73. The first-order chi connectivity index (χ1) is 7.47. The molecule has 0 aliphatic heterocycles. The molecular formula is C13H25NO2. The van der Waals surface area contributed by atoms with E-state index in [1.807, 2.05) is 14.0 Å². The summed E-state index contributed by atoms with van der Waals surface area (Å²) in [6.07, 6.45) is 4.20. The second-order valence-electron chi connectivity index (χ2n) is 5.35. The molecule has 3 nitrogen and oxygen atoms in total. The molecule has 1 aliphatic rings. The number of aliphatic carboxylic acids is 1. The third kappa shape index (κ3) is 2.97. The molecule has 0 heterocycles. The van der Waals surface area contributed by atoms with E-state index in [9.17, 15) is 4.79 Å². The summed E-state index contributed by atoms with van der Waals surface area (Å²) in [6.45, 7) is 6.53. The van der Waals surface area contributed by atoms with Crippen LogP contribution in [0.3, 0.4) is 0 Å². The van der Waals surface area contributed by atoms with Crippen LogP contribution in [0, 0.1) is 11.8 Å². The van der Waals surface area contributed by atoms with E-state index in [0.717, 1.165) is 18.8 Å². The van der Waals surface area contributed by atoms with Crippen molar-refractivity contribution in [1.29, 1.82) is 0 Å². The monoisotopic (exact) mass is 227 g/mol. The van der Waals surface area contributed by atoms with Crippen molar-refractivity contribution >= 4 is 5.97 Å². The lowest BCUT2D eigenvalue weighted by atomic mass is 9.78. The van der Waals surface area contributed by atoms with E-state index in [1.165, 1.54) is 6.42 Å². The second-order valence-corrected chi connectivity index (χ2v) is 5.35. The van der Waals surface area contributed by atoms with Gasteiger partial charge in [-0.1, -0.05) is 20.8 Å². The standard InChI is InChI=1S/C13H25NO2/c1-5-12(13(15)16)14(4)11-7-6-9(2)10(3)8-11/h9-12H,5-8H2,1-4H3,(H,15,16). The van der Waals surface area contributed by atoms with E-state index < -0.39 is 5.97 Å². The number of nitrogens with zero attached hydrogens (tertiary/aromatic N) is 1. The summed E-state index contributed by atoms with van der Waals surface area (Å²) in [7, 11) is 1.97. The Labute approximate surface area is 98.8 Å². The van der Waals surface area contributed by atoms with Gasteiger partial charge in [-0.15, -0.1) is 0 Å². The summed E-state index contributed by atoms with van der Waals surface area (Å²) >= 11 is 0. The van der Waals surface area contributed by atoms with E-state index in [4.69, 9.17) is 5.11 Å². The Hall–Kier alpha value is -0.570. The van der Waals surface area contributed by atoms with Crippen LogP contribution in [0.1, 0.15) is 46.5 Å². The van der Waals surface area contributed by atoms with Gasteiger partial charge >= 0.3 is 5.97 Å². The fourth-order valence-electron chi connectivity index (χ4n) is 2.78. The molecule has 4 atom stereocenters. The van der Waals surface area contributed by atoms with E-state index in [1.54, 1.807) is 0 Å². The molecule has 1 rings (SSSR count). The zero-order valence-electron chi connectivity index (χ0n) is 10.9. The number of hydrogen-bond donors (Lipinski definition) is 1. The highest BCUT2D eigenvalue weighted by Gasteiger charge is 2.32. The lowest BCUT2D eigenvalue weighted by molar-refractivity contribution is -0.144. The van der Waals surface area contributed by atoms with Crippen LogP contribution in [-0.4, -0.2) is 35.1 Å². The highest BCUT2D eigenvalue weighted by atomic mass is 16.4. The second kappa shape index (κ2) is 5.67. The van der Waals surface area contributed by atoms with Gasteiger partial charge in [0.15, 0.2) is 0 Å². The topological polar surface area (TPSA) is 40.5 Å². The number of likely N-dealkylation sites (N-methyl/N-ethyl adjacent to an activating group) is 1. The first kappa shape index (κ1) is 13.5. The highest BCUT2D eigenvalue weighted by Crippen LogP contribution is 2.32. The minimum absolute atomic E-state index is 0.314. The van der Waals surface area contributed by atoms with E-state index >= 15 is 0 Å². The molecule has 3 heteroatoms. The maximum atomic E-state index is 11.1.